The van der Waals surface area contributed by atoms with E-state index >= 15 is 0 Å². The lowest BCUT2D eigenvalue weighted by Gasteiger charge is -2.34. The van der Waals surface area contributed by atoms with Gasteiger partial charge < -0.3 is 10.7 Å². The number of nitrogens with zero attached hydrogens (tertiary/aromatic N) is 7. The maximum Gasteiger partial charge on any atom is 0.271 e. The van der Waals surface area contributed by atoms with E-state index in [9.17, 15) is 4.79 Å². The first-order valence-corrected chi connectivity index (χ1v) is 11.4. The van der Waals surface area contributed by atoms with Crippen molar-refractivity contribution in [1.29, 1.82) is 0 Å². The molecule has 3 aromatic rings. The van der Waals surface area contributed by atoms with E-state index in [1.165, 1.54) is 22.0 Å². The lowest BCUT2D eigenvalue weighted by Crippen LogP contribution is -2.48. The van der Waals surface area contributed by atoms with E-state index in [1.54, 1.807) is 4.68 Å². The minimum absolute atomic E-state index is 0.0723. The van der Waals surface area contributed by atoms with Crippen molar-refractivity contribution in [3.8, 4) is 5.95 Å². The Labute approximate surface area is 190 Å². The second-order valence-corrected chi connectivity index (χ2v) is 8.95. The molecule has 9 nitrogen and oxygen atoms in total. The summed E-state index contributed by atoms with van der Waals surface area (Å²) in [5, 5.41) is 13.9. The normalized spacial score (nSPS) is 14.9. The Balaban J connectivity index is 1.29. The lowest BCUT2D eigenvalue weighted by atomic mass is 10.2. The van der Waals surface area contributed by atoms with Gasteiger partial charge in [0.1, 0.15) is 0 Å². The number of piperazine rings is 1. The van der Waals surface area contributed by atoms with Crippen LogP contribution in [0.4, 0.5) is 0 Å². The molecular weight excluding hydrogens is 436 g/mol. The summed E-state index contributed by atoms with van der Waals surface area (Å²) in [6.45, 7) is 7.73. The van der Waals surface area contributed by atoms with E-state index in [4.69, 9.17) is 17.4 Å². The highest BCUT2D eigenvalue weighted by molar-refractivity contribution is 7.99. The largest absolute Gasteiger partial charge is 0.339 e. The molecule has 31 heavy (non-hydrogen) atoms. The van der Waals surface area contributed by atoms with Crippen molar-refractivity contribution in [2.75, 3.05) is 37.8 Å². The van der Waals surface area contributed by atoms with Gasteiger partial charge in [-0.3, -0.25) is 9.69 Å². The van der Waals surface area contributed by atoms with Crippen LogP contribution in [0.5, 0.6) is 0 Å². The number of hydrogen-bond donors (Lipinski definition) is 1. The SMILES string of the molecule is Cc1cc(C)n(-c2nnc(SCC(=O)N3CCN(Cc4cccc(Cl)c4)CC3)n2N)n1. The first-order valence-electron chi connectivity index (χ1n) is 10.0. The van der Waals surface area contributed by atoms with E-state index in [-0.39, 0.29) is 11.7 Å². The van der Waals surface area contributed by atoms with Crippen molar-refractivity contribution in [2.45, 2.75) is 25.5 Å². The molecule has 0 bridgehead atoms. The third kappa shape index (κ3) is 5.03. The Bertz CT molecular complexity index is 1070. The van der Waals surface area contributed by atoms with Gasteiger partial charge in [0.25, 0.3) is 5.95 Å². The van der Waals surface area contributed by atoms with E-state index in [0.717, 1.165) is 36.0 Å². The van der Waals surface area contributed by atoms with Crippen LogP contribution in [0.3, 0.4) is 0 Å². The molecule has 1 fully saturated rings. The van der Waals surface area contributed by atoms with Gasteiger partial charge >= 0.3 is 0 Å². The monoisotopic (exact) mass is 460 g/mol. The highest BCUT2D eigenvalue weighted by Gasteiger charge is 2.22. The number of rotatable bonds is 6. The number of hydrogen-bond acceptors (Lipinski definition) is 7. The summed E-state index contributed by atoms with van der Waals surface area (Å²) in [5.74, 6) is 6.91. The third-order valence-electron chi connectivity index (χ3n) is 5.19. The molecule has 0 saturated carbocycles. The summed E-state index contributed by atoms with van der Waals surface area (Å²) in [4.78, 5) is 16.9. The number of aromatic nitrogens is 5. The average molecular weight is 461 g/mol. The van der Waals surface area contributed by atoms with Gasteiger partial charge in [-0.05, 0) is 37.6 Å². The molecule has 164 valence electrons. The van der Waals surface area contributed by atoms with Crippen molar-refractivity contribution in [2.24, 2.45) is 0 Å². The average Bonchev–Trinajstić information content (AvgIpc) is 3.27. The zero-order valence-electron chi connectivity index (χ0n) is 17.5. The Kier molecular flexibility index (Phi) is 6.49. The summed E-state index contributed by atoms with van der Waals surface area (Å²) in [7, 11) is 0. The fourth-order valence-electron chi connectivity index (χ4n) is 3.61. The molecule has 4 rings (SSSR count). The van der Waals surface area contributed by atoms with Crippen LogP contribution >= 0.6 is 23.4 Å². The van der Waals surface area contributed by atoms with Crippen molar-refractivity contribution in [3.05, 3.63) is 52.3 Å². The fraction of sp³-hybridized carbons (Fsp3) is 0.400. The van der Waals surface area contributed by atoms with Crippen molar-refractivity contribution < 1.29 is 4.79 Å². The van der Waals surface area contributed by atoms with Crippen LogP contribution in [-0.2, 0) is 11.3 Å². The number of carbonyl (C=O) groups is 1. The molecule has 11 heteroatoms. The number of nitrogen functional groups attached to an aromatic ring is 1. The summed E-state index contributed by atoms with van der Waals surface area (Å²) in [5.41, 5.74) is 2.97. The molecule has 1 aromatic carbocycles. The lowest BCUT2D eigenvalue weighted by molar-refractivity contribution is -0.130. The first kappa shape index (κ1) is 21.7. The predicted octanol–water partition coefficient (Wildman–Crippen LogP) is 1.88. The maximum absolute atomic E-state index is 12.7. The quantitative estimate of drug-likeness (QED) is 0.443. The van der Waals surface area contributed by atoms with Gasteiger partial charge in [-0.2, -0.15) is 5.10 Å². The Hall–Kier alpha value is -2.56. The molecule has 2 N–H and O–H groups in total. The van der Waals surface area contributed by atoms with Crippen LogP contribution in [0.1, 0.15) is 17.0 Å². The Morgan fingerprint density at radius 2 is 1.94 bits per heavy atom. The molecule has 1 aliphatic heterocycles. The van der Waals surface area contributed by atoms with E-state index < -0.39 is 0 Å². The van der Waals surface area contributed by atoms with Crippen molar-refractivity contribution in [1.82, 2.24) is 34.5 Å². The van der Waals surface area contributed by atoms with Crippen LogP contribution in [0, 0.1) is 13.8 Å². The van der Waals surface area contributed by atoms with Crippen LogP contribution in [0.2, 0.25) is 5.02 Å². The smallest absolute Gasteiger partial charge is 0.271 e. The molecule has 2 aromatic heterocycles. The van der Waals surface area contributed by atoms with Crippen LogP contribution in [-0.4, -0.2) is 72.3 Å². The third-order valence-corrected chi connectivity index (χ3v) is 6.35. The second kappa shape index (κ2) is 9.29. The van der Waals surface area contributed by atoms with Crippen LogP contribution < -0.4 is 5.84 Å². The summed E-state index contributed by atoms with van der Waals surface area (Å²) < 4.78 is 3.02. The molecule has 3 heterocycles. The Morgan fingerprint density at radius 1 is 1.16 bits per heavy atom. The number of nitrogens with two attached hydrogens (primary N) is 1. The highest BCUT2D eigenvalue weighted by atomic mass is 35.5. The van der Waals surface area contributed by atoms with Crippen molar-refractivity contribution >= 4 is 29.3 Å². The zero-order valence-corrected chi connectivity index (χ0v) is 19.1. The number of carbonyl (C=O) groups excluding carboxylic acids is 1. The van der Waals surface area contributed by atoms with Crippen LogP contribution in [0.15, 0.2) is 35.5 Å². The highest BCUT2D eigenvalue weighted by Crippen LogP contribution is 2.19. The zero-order chi connectivity index (χ0) is 22.0. The first-order chi connectivity index (χ1) is 14.9. The molecule has 0 atom stereocenters. The van der Waals surface area contributed by atoms with E-state index in [2.05, 4.69) is 26.3 Å². The van der Waals surface area contributed by atoms with Gasteiger partial charge in [0.05, 0.1) is 11.4 Å². The van der Waals surface area contributed by atoms with E-state index in [0.29, 0.717) is 24.2 Å². The number of aryl methyl sites for hydroxylation is 2. The molecular formula is C20H25ClN8OS. The topological polar surface area (TPSA) is 98.1 Å². The van der Waals surface area contributed by atoms with E-state index in [1.807, 2.05) is 43.0 Å². The second-order valence-electron chi connectivity index (χ2n) is 7.57. The summed E-state index contributed by atoms with van der Waals surface area (Å²) >= 11 is 7.36. The number of amides is 1. The molecule has 0 aliphatic carbocycles. The van der Waals surface area contributed by atoms with Gasteiger partial charge in [0.15, 0.2) is 0 Å². The molecule has 1 amide bonds. The predicted molar refractivity (Wildman–Crippen MR) is 121 cm³/mol. The van der Waals surface area contributed by atoms with Gasteiger partial charge in [-0.25, -0.2) is 9.36 Å². The molecule has 1 aliphatic rings. The van der Waals surface area contributed by atoms with Gasteiger partial charge in [0, 0.05) is 43.4 Å². The summed E-state index contributed by atoms with van der Waals surface area (Å²) in [6, 6.07) is 9.84. The summed E-state index contributed by atoms with van der Waals surface area (Å²) in [6.07, 6.45) is 0. The minimum Gasteiger partial charge on any atom is -0.339 e. The van der Waals surface area contributed by atoms with Gasteiger partial charge in [-0.15, -0.1) is 10.2 Å². The number of halogens is 1. The van der Waals surface area contributed by atoms with Crippen LogP contribution in [0.25, 0.3) is 5.95 Å². The molecule has 0 spiro atoms. The number of thioether (sulfide) groups is 1. The standard InChI is InChI=1S/C20H25ClN8OS/c1-14-10-15(2)29(25-14)19-23-24-20(28(19)22)31-13-18(30)27-8-6-26(7-9-27)12-16-4-3-5-17(21)11-16/h3-5,10-11H,6-9,12-13,22H2,1-2H3. The van der Waals surface area contributed by atoms with Crippen molar-refractivity contribution in [3.63, 3.8) is 0 Å². The van der Waals surface area contributed by atoms with Gasteiger partial charge in [-0.1, -0.05) is 35.5 Å². The minimum atomic E-state index is 0.0723. The molecule has 1 saturated heterocycles. The molecule has 0 unspecified atom stereocenters. The number of benzene rings is 1. The maximum atomic E-state index is 12.7. The Morgan fingerprint density at radius 3 is 2.61 bits per heavy atom. The van der Waals surface area contributed by atoms with Gasteiger partial charge in [0.2, 0.25) is 11.1 Å². The molecule has 0 radical (unpaired) electrons. The fourth-order valence-corrected chi connectivity index (χ4v) is 4.58.